The van der Waals surface area contributed by atoms with E-state index in [2.05, 4.69) is 16.8 Å². The predicted octanol–water partition coefficient (Wildman–Crippen LogP) is 1.91. The third-order valence-corrected chi connectivity index (χ3v) is 3.91. The van der Waals surface area contributed by atoms with Gasteiger partial charge in [0.1, 0.15) is 11.9 Å². The van der Waals surface area contributed by atoms with Gasteiger partial charge < -0.3 is 9.80 Å². The fourth-order valence-corrected chi connectivity index (χ4v) is 2.64. The second-order valence-corrected chi connectivity index (χ2v) is 4.90. The summed E-state index contributed by atoms with van der Waals surface area (Å²) in [5.41, 5.74) is 0.748. The molecule has 1 aliphatic heterocycles. The van der Waals surface area contributed by atoms with E-state index in [1.807, 2.05) is 11.9 Å². The average molecular weight is 264 g/mol. The van der Waals surface area contributed by atoms with E-state index in [-0.39, 0.29) is 10.6 Å². The largest absolute Gasteiger partial charge is 0.366 e. The standard InChI is InChI=1S/C13H20N4O2/c1-3-16-8-5-11(6-9-16)15(2)12-4-7-14-10-13(12)17(18)19/h4,7,10-11H,3,5-6,8-9H2,1-2H3. The maximum absolute atomic E-state index is 11.0. The molecule has 0 radical (unpaired) electrons. The molecule has 1 aromatic heterocycles. The summed E-state index contributed by atoms with van der Waals surface area (Å²) in [7, 11) is 1.94. The highest BCUT2D eigenvalue weighted by Crippen LogP contribution is 2.29. The van der Waals surface area contributed by atoms with E-state index in [9.17, 15) is 10.1 Å². The summed E-state index contributed by atoms with van der Waals surface area (Å²) in [6.45, 7) is 5.36. The Morgan fingerprint density at radius 3 is 2.79 bits per heavy atom. The van der Waals surface area contributed by atoms with E-state index in [1.54, 1.807) is 12.3 Å². The normalized spacial score (nSPS) is 17.4. The van der Waals surface area contributed by atoms with Crippen LogP contribution in [0.4, 0.5) is 11.4 Å². The lowest BCUT2D eigenvalue weighted by atomic mass is 10.0. The van der Waals surface area contributed by atoms with E-state index in [0.29, 0.717) is 11.7 Å². The smallest absolute Gasteiger partial charge is 0.310 e. The van der Waals surface area contributed by atoms with Gasteiger partial charge in [0.05, 0.1) is 4.92 Å². The third kappa shape index (κ3) is 3.01. The zero-order valence-corrected chi connectivity index (χ0v) is 11.5. The molecular weight excluding hydrogens is 244 g/mol. The van der Waals surface area contributed by atoms with E-state index in [4.69, 9.17) is 0 Å². The second kappa shape index (κ2) is 5.97. The van der Waals surface area contributed by atoms with Crippen LogP contribution in [0.25, 0.3) is 0 Å². The summed E-state index contributed by atoms with van der Waals surface area (Å²) >= 11 is 0. The summed E-state index contributed by atoms with van der Waals surface area (Å²) in [6, 6.07) is 2.09. The number of anilines is 1. The number of nitro groups is 1. The van der Waals surface area contributed by atoms with Crippen molar-refractivity contribution in [2.45, 2.75) is 25.8 Å². The Bertz CT molecular complexity index is 444. The molecule has 0 atom stereocenters. The number of rotatable bonds is 4. The Morgan fingerprint density at radius 2 is 2.21 bits per heavy atom. The van der Waals surface area contributed by atoms with Crippen molar-refractivity contribution in [3.8, 4) is 0 Å². The van der Waals surface area contributed by atoms with Gasteiger partial charge in [-0.1, -0.05) is 6.92 Å². The highest BCUT2D eigenvalue weighted by atomic mass is 16.6. The first-order valence-corrected chi connectivity index (χ1v) is 6.67. The van der Waals surface area contributed by atoms with Crippen LogP contribution in [0.1, 0.15) is 19.8 Å². The first kappa shape index (κ1) is 13.7. The minimum absolute atomic E-state index is 0.0860. The van der Waals surface area contributed by atoms with Crippen LogP contribution in [0.5, 0.6) is 0 Å². The van der Waals surface area contributed by atoms with E-state index in [1.165, 1.54) is 6.20 Å². The Hall–Kier alpha value is -1.69. The van der Waals surface area contributed by atoms with Crippen molar-refractivity contribution in [2.75, 3.05) is 31.6 Å². The van der Waals surface area contributed by atoms with Gasteiger partial charge in [-0.2, -0.15) is 0 Å². The Labute approximate surface area is 113 Å². The fourth-order valence-electron chi connectivity index (χ4n) is 2.64. The van der Waals surface area contributed by atoms with Crippen LogP contribution < -0.4 is 4.90 Å². The minimum Gasteiger partial charge on any atom is -0.366 e. The Morgan fingerprint density at radius 1 is 1.53 bits per heavy atom. The van der Waals surface area contributed by atoms with Gasteiger partial charge in [-0.15, -0.1) is 0 Å². The van der Waals surface area contributed by atoms with Crippen LogP contribution in [-0.2, 0) is 0 Å². The van der Waals surface area contributed by atoms with E-state index >= 15 is 0 Å². The molecule has 0 N–H and O–H groups in total. The fraction of sp³-hybridized carbons (Fsp3) is 0.615. The molecular formula is C13H20N4O2. The van der Waals surface area contributed by atoms with Gasteiger partial charge in [-0.25, -0.2) is 0 Å². The lowest BCUT2D eigenvalue weighted by Crippen LogP contribution is -2.43. The van der Waals surface area contributed by atoms with Crippen LogP contribution in [0.3, 0.4) is 0 Å². The summed E-state index contributed by atoms with van der Waals surface area (Å²) in [6.07, 6.45) is 5.03. The van der Waals surface area contributed by atoms with Crippen molar-refractivity contribution >= 4 is 11.4 Å². The lowest BCUT2D eigenvalue weighted by Gasteiger charge is -2.37. The molecule has 0 saturated carbocycles. The molecule has 1 fully saturated rings. The zero-order chi connectivity index (χ0) is 13.8. The molecule has 1 saturated heterocycles. The average Bonchev–Trinajstić information content (AvgIpc) is 2.46. The van der Waals surface area contributed by atoms with Crippen LogP contribution >= 0.6 is 0 Å². The first-order valence-electron chi connectivity index (χ1n) is 6.67. The topological polar surface area (TPSA) is 62.5 Å². The second-order valence-electron chi connectivity index (χ2n) is 4.90. The van der Waals surface area contributed by atoms with Crippen molar-refractivity contribution in [2.24, 2.45) is 0 Å². The SMILES string of the molecule is CCN1CCC(N(C)c2ccncc2[N+](=O)[O-])CC1. The van der Waals surface area contributed by atoms with Gasteiger partial charge in [0, 0.05) is 32.4 Å². The van der Waals surface area contributed by atoms with Gasteiger partial charge in [-0.05, 0) is 25.5 Å². The quantitative estimate of drug-likeness (QED) is 0.614. The zero-order valence-electron chi connectivity index (χ0n) is 11.5. The van der Waals surface area contributed by atoms with Gasteiger partial charge in [0.15, 0.2) is 0 Å². The molecule has 0 spiro atoms. The molecule has 1 aromatic rings. The van der Waals surface area contributed by atoms with Crippen molar-refractivity contribution in [1.82, 2.24) is 9.88 Å². The molecule has 0 unspecified atom stereocenters. The number of nitrogens with zero attached hydrogens (tertiary/aromatic N) is 4. The molecule has 0 aromatic carbocycles. The van der Waals surface area contributed by atoms with Crippen LogP contribution in [-0.4, -0.2) is 47.5 Å². The molecule has 104 valence electrons. The highest BCUT2D eigenvalue weighted by Gasteiger charge is 2.26. The molecule has 0 aliphatic carbocycles. The molecule has 6 heteroatoms. The van der Waals surface area contributed by atoms with E-state index in [0.717, 1.165) is 32.5 Å². The number of likely N-dealkylation sites (tertiary alicyclic amines) is 1. The van der Waals surface area contributed by atoms with Gasteiger partial charge >= 0.3 is 5.69 Å². The number of piperidine rings is 1. The van der Waals surface area contributed by atoms with Gasteiger partial charge in [0.25, 0.3) is 0 Å². The summed E-state index contributed by atoms with van der Waals surface area (Å²) in [5, 5.41) is 11.0. The molecule has 0 bridgehead atoms. The van der Waals surface area contributed by atoms with Crippen molar-refractivity contribution in [3.05, 3.63) is 28.6 Å². The maximum Gasteiger partial charge on any atom is 0.310 e. The van der Waals surface area contributed by atoms with E-state index < -0.39 is 0 Å². The monoisotopic (exact) mass is 264 g/mol. The van der Waals surface area contributed by atoms with Crippen LogP contribution in [0, 0.1) is 10.1 Å². The Kier molecular flexibility index (Phi) is 4.31. The first-order chi connectivity index (χ1) is 9.13. The summed E-state index contributed by atoms with van der Waals surface area (Å²) in [5.74, 6) is 0. The Balaban J connectivity index is 2.12. The highest BCUT2D eigenvalue weighted by molar-refractivity contribution is 5.61. The molecule has 2 rings (SSSR count). The third-order valence-electron chi connectivity index (χ3n) is 3.91. The number of hydrogen-bond donors (Lipinski definition) is 0. The molecule has 19 heavy (non-hydrogen) atoms. The van der Waals surface area contributed by atoms with Crippen LogP contribution in [0.2, 0.25) is 0 Å². The number of aromatic nitrogens is 1. The van der Waals surface area contributed by atoms with Gasteiger partial charge in [-0.3, -0.25) is 15.1 Å². The van der Waals surface area contributed by atoms with Crippen molar-refractivity contribution < 1.29 is 4.92 Å². The summed E-state index contributed by atoms with van der Waals surface area (Å²) < 4.78 is 0. The number of hydrogen-bond acceptors (Lipinski definition) is 5. The van der Waals surface area contributed by atoms with Gasteiger partial charge in [0.2, 0.25) is 0 Å². The molecule has 2 heterocycles. The van der Waals surface area contributed by atoms with Crippen LogP contribution in [0.15, 0.2) is 18.5 Å². The maximum atomic E-state index is 11.0. The molecule has 0 amide bonds. The number of pyridine rings is 1. The van der Waals surface area contributed by atoms with Crippen molar-refractivity contribution in [1.29, 1.82) is 0 Å². The summed E-state index contributed by atoms with van der Waals surface area (Å²) in [4.78, 5) is 19.0. The minimum atomic E-state index is -0.361. The molecule has 1 aliphatic rings. The lowest BCUT2D eigenvalue weighted by molar-refractivity contribution is -0.384. The molecule has 6 nitrogen and oxygen atoms in total. The van der Waals surface area contributed by atoms with Crippen molar-refractivity contribution in [3.63, 3.8) is 0 Å². The predicted molar refractivity (Wildman–Crippen MR) is 74.4 cm³/mol.